The Morgan fingerprint density at radius 1 is 1.21 bits per heavy atom. The molecular weight excluding hydrogens is 364 g/mol. The number of aromatic amines is 1. The van der Waals surface area contributed by atoms with Crippen molar-refractivity contribution in [3.8, 4) is 5.69 Å². The number of likely N-dealkylation sites (tertiary alicyclic amines) is 1. The summed E-state index contributed by atoms with van der Waals surface area (Å²) in [5, 5.41) is 9.90. The standard InChI is InChI=1S/C23H20N4O2/c1-3-21(28)26-11-18(12-26)15-5-6-16-13-27(22(29)9-17(16)8-15)23-14(2)4-7-20-19(23)10-24-25-20/h3-10,13,18H,1,11-12H2,2H3,(H,24,25). The minimum Gasteiger partial charge on any atom is -0.338 e. The van der Waals surface area contributed by atoms with E-state index in [1.807, 2.05) is 31.3 Å². The molecule has 1 fully saturated rings. The highest BCUT2D eigenvalue weighted by atomic mass is 16.2. The monoisotopic (exact) mass is 384 g/mol. The fourth-order valence-electron chi connectivity index (χ4n) is 4.10. The molecule has 0 unspecified atom stereocenters. The van der Waals surface area contributed by atoms with Gasteiger partial charge in [0.2, 0.25) is 5.91 Å². The number of nitrogens with one attached hydrogen (secondary N) is 1. The molecule has 0 atom stereocenters. The number of fused-ring (bicyclic) bond motifs is 2. The molecule has 0 radical (unpaired) electrons. The summed E-state index contributed by atoms with van der Waals surface area (Å²) in [6, 6.07) is 11.8. The zero-order valence-corrected chi connectivity index (χ0v) is 16.1. The average Bonchev–Trinajstić information content (AvgIpc) is 3.15. The van der Waals surface area contributed by atoms with Crippen molar-refractivity contribution >= 4 is 27.6 Å². The van der Waals surface area contributed by atoms with E-state index in [1.165, 1.54) is 6.08 Å². The van der Waals surface area contributed by atoms with Gasteiger partial charge >= 0.3 is 0 Å². The smallest absolute Gasteiger partial charge is 0.255 e. The highest BCUT2D eigenvalue weighted by Crippen LogP contribution is 2.30. The number of hydrogen-bond donors (Lipinski definition) is 1. The van der Waals surface area contributed by atoms with Crippen LogP contribution in [0.5, 0.6) is 0 Å². The predicted molar refractivity (Wildman–Crippen MR) is 113 cm³/mol. The van der Waals surface area contributed by atoms with E-state index in [2.05, 4.69) is 28.9 Å². The van der Waals surface area contributed by atoms with Crippen LogP contribution in [0.3, 0.4) is 0 Å². The zero-order chi connectivity index (χ0) is 20.1. The molecule has 1 amide bonds. The summed E-state index contributed by atoms with van der Waals surface area (Å²) in [6.07, 6.45) is 5.00. The van der Waals surface area contributed by atoms with Crippen molar-refractivity contribution in [2.75, 3.05) is 13.1 Å². The second kappa shape index (κ2) is 6.44. The van der Waals surface area contributed by atoms with Crippen LogP contribution < -0.4 is 5.56 Å². The van der Waals surface area contributed by atoms with Gasteiger partial charge in [-0.3, -0.25) is 19.3 Å². The first-order valence-electron chi connectivity index (χ1n) is 9.56. The van der Waals surface area contributed by atoms with Crippen LogP contribution >= 0.6 is 0 Å². The van der Waals surface area contributed by atoms with Crippen LogP contribution in [0, 0.1) is 6.92 Å². The van der Waals surface area contributed by atoms with Gasteiger partial charge in [-0.25, -0.2) is 0 Å². The number of hydrogen-bond acceptors (Lipinski definition) is 3. The molecule has 3 heterocycles. The predicted octanol–water partition coefficient (Wildman–Crippen LogP) is 3.29. The minimum absolute atomic E-state index is 0.0336. The summed E-state index contributed by atoms with van der Waals surface area (Å²) in [5.41, 5.74) is 3.83. The topological polar surface area (TPSA) is 71.0 Å². The van der Waals surface area contributed by atoms with E-state index in [4.69, 9.17) is 0 Å². The van der Waals surface area contributed by atoms with Crippen LogP contribution in [0.2, 0.25) is 0 Å². The number of carbonyl (C=O) groups is 1. The van der Waals surface area contributed by atoms with Gasteiger partial charge in [0.05, 0.1) is 17.4 Å². The van der Waals surface area contributed by atoms with E-state index in [0.29, 0.717) is 19.0 Å². The largest absolute Gasteiger partial charge is 0.338 e. The summed E-state index contributed by atoms with van der Waals surface area (Å²) in [7, 11) is 0. The van der Waals surface area contributed by atoms with E-state index >= 15 is 0 Å². The molecule has 5 rings (SSSR count). The first kappa shape index (κ1) is 17.4. The Hall–Kier alpha value is -3.67. The maximum Gasteiger partial charge on any atom is 0.255 e. The molecule has 1 saturated heterocycles. The quantitative estimate of drug-likeness (QED) is 0.551. The molecule has 144 valence electrons. The van der Waals surface area contributed by atoms with E-state index < -0.39 is 0 Å². The van der Waals surface area contributed by atoms with Gasteiger partial charge in [0.1, 0.15) is 0 Å². The van der Waals surface area contributed by atoms with E-state index in [0.717, 1.165) is 38.5 Å². The first-order valence-corrected chi connectivity index (χ1v) is 9.56. The summed E-state index contributed by atoms with van der Waals surface area (Å²) in [5.74, 6) is 0.265. The molecule has 29 heavy (non-hydrogen) atoms. The maximum atomic E-state index is 13.0. The van der Waals surface area contributed by atoms with Gasteiger partial charge in [-0.15, -0.1) is 0 Å². The SMILES string of the molecule is C=CC(=O)N1CC(c2ccc3cn(-c4c(C)ccc5[nH]ncc45)c(=O)cc3c2)C1. The zero-order valence-electron chi connectivity index (χ0n) is 16.1. The molecule has 4 aromatic rings. The van der Waals surface area contributed by atoms with Crippen molar-refractivity contribution in [3.05, 3.63) is 82.9 Å². The van der Waals surface area contributed by atoms with Gasteiger partial charge in [0.25, 0.3) is 5.56 Å². The third-order valence-corrected chi connectivity index (χ3v) is 5.77. The van der Waals surface area contributed by atoms with Crippen LogP contribution in [0.15, 0.2) is 66.2 Å². The lowest BCUT2D eigenvalue weighted by Crippen LogP contribution is -2.47. The maximum absolute atomic E-state index is 13.0. The van der Waals surface area contributed by atoms with Gasteiger partial charge in [0, 0.05) is 36.7 Å². The lowest BCUT2D eigenvalue weighted by atomic mass is 9.90. The Morgan fingerprint density at radius 3 is 2.83 bits per heavy atom. The van der Waals surface area contributed by atoms with Crippen molar-refractivity contribution in [1.82, 2.24) is 19.7 Å². The van der Waals surface area contributed by atoms with Crippen LogP contribution in [0.25, 0.3) is 27.4 Å². The van der Waals surface area contributed by atoms with E-state index in [9.17, 15) is 9.59 Å². The number of aryl methyl sites for hydroxylation is 1. The van der Waals surface area contributed by atoms with Gasteiger partial charge in [-0.05, 0) is 41.0 Å². The van der Waals surface area contributed by atoms with Crippen molar-refractivity contribution < 1.29 is 4.79 Å². The molecule has 1 aliphatic heterocycles. The molecule has 0 aliphatic carbocycles. The third kappa shape index (κ3) is 2.76. The van der Waals surface area contributed by atoms with Gasteiger partial charge in [-0.1, -0.05) is 30.8 Å². The Morgan fingerprint density at radius 2 is 2.03 bits per heavy atom. The molecule has 2 aromatic carbocycles. The van der Waals surface area contributed by atoms with E-state index in [1.54, 1.807) is 21.7 Å². The second-order valence-corrected chi connectivity index (χ2v) is 7.58. The van der Waals surface area contributed by atoms with Gasteiger partial charge in [0.15, 0.2) is 0 Å². The average molecular weight is 384 g/mol. The molecule has 0 bridgehead atoms. The number of H-pyrrole nitrogens is 1. The number of benzene rings is 2. The number of amides is 1. The number of carbonyl (C=O) groups excluding carboxylic acids is 1. The number of rotatable bonds is 3. The molecule has 1 aliphatic rings. The summed E-state index contributed by atoms with van der Waals surface area (Å²) < 4.78 is 1.70. The minimum atomic E-state index is -0.0801. The van der Waals surface area contributed by atoms with Gasteiger partial charge < -0.3 is 4.90 Å². The molecule has 0 spiro atoms. The summed E-state index contributed by atoms with van der Waals surface area (Å²) >= 11 is 0. The van der Waals surface area contributed by atoms with Crippen molar-refractivity contribution in [2.45, 2.75) is 12.8 Å². The van der Waals surface area contributed by atoms with Crippen molar-refractivity contribution in [3.63, 3.8) is 0 Å². The Bertz CT molecular complexity index is 1340. The second-order valence-electron chi connectivity index (χ2n) is 7.58. The highest BCUT2D eigenvalue weighted by molar-refractivity contribution is 5.90. The van der Waals surface area contributed by atoms with Gasteiger partial charge in [-0.2, -0.15) is 5.10 Å². The van der Waals surface area contributed by atoms with Crippen LogP contribution in [0.4, 0.5) is 0 Å². The molecule has 0 saturated carbocycles. The lowest BCUT2D eigenvalue weighted by Gasteiger charge is -2.39. The Balaban J connectivity index is 1.55. The number of pyridine rings is 1. The van der Waals surface area contributed by atoms with Crippen molar-refractivity contribution in [1.29, 1.82) is 0 Å². The highest BCUT2D eigenvalue weighted by Gasteiger charge is 2.30. The van der Waals surface area contributed by atoms with Crippen molar-refractivity contribution in [2.24, 2.45) is 0 Å². The first-order chi connectivity index (χ1) is 14.0. The molecule has 6 nitrogen and oxygen atoms in total. The van der Waals surface area contributed by atoms with Crippen LogP contribution in [0.1, 0.15) is 17.0 Å². The van der Waals surface area contributed by atoms with E-state index in [-0.39, 0.29) is 11.5 Å². The third-order valence-electron chi connectivity index (χ3n) is 5.77. The summed E-state index contributed by atoms with van der Waals surface area (Å²) in [6.45, 7) is 6.91. The fourth-order valence-corrected chi connectivity index (χ4v) is 4.10. The number of aromatic nitrogens is 3. The molecule has 6 heteroatoms. The Labute approximate surface area is 167 Å². The Kier molecular flexibility index (Phi) is 3.87. The summed E-state index contributed by atoms with van der Waals surface area (Å²) in [4.78, 5) is 26.4. The fraction of sp³-hybridized carbons (Fsp3) is 0.174. The van der Waals surface area contributed by atoms with Crippen LogP contribution in [-0.2, 0) is 4.79 Å². The van der Waals surface area contributed by atoms with Crippen LogP contribution in [-0.4, -0.2) is 38.7 Å². The molecule has 1 N–H and O–H groups in total. The lowest BCUT2D eigenvalue weighted by molar-refractivity contribution is -0.130. The molecular formula is C23H20N4O2. The molecule has 2 aromatic heterocycles. The normalized spacial score (nSPS) is 14.3. The number of nitrogens with zero attached hydrogens (tertiary/aromatic N) is 3.